The summed E-state index contributed by atoms with van der Waals surface area (Å²) in [6.07, 6.45) is 5.80. The van der Waals surface area contributed by atoms with Crippen molar-refractivity contribution in [2.75, 3.05) is 13.1 Å². The van der Waals surface area contributed by atoms with Gasteiger partial charge in [0, 0.05) is 31.6 Å². The largest absolute Gasteiger partial charge is 0.478 e. The van der Waals surface area contributed by atoms with Crippen molar-refractivity contribution in [3.05, 3.63) is 30.1 Å². The van der Waals surface area contributed by atoms with E-state index in [0.29, 0.717) is 18.7 Å². The van der Waals surface area contributed by atoms with E-state index in [-0.39, 0.29) is 10.3 Å². The highest BCUT2D eigenvalue weighted by atomic mass is 32.2. The van der Waals surface area contributed by atoms with Crippen LogP contribution in [0.5, 0.6) is 0 Å². The first-order valence-electron chi connectivity index (χ1n) is 6.57. The molecule has 6 nitrogen and oxygen atoms in total. The zero-order valence-electron chi connectivity index (χ0n) is 12.0. The van der Waals surface area contributed by atoms with Crippen molar-refractivity contribution in [3.8, 4) is 0 Å². The van der Waals surface area contributed by atoms with Gasteiger partial charge in [-0.15, -0.1) is 0 Å². The maximum absolute atomic E-state index is 12.6. The van der Waals surface area contributed by atoms with Gasteiger partial charge in [-0.3, -0.25) is 4.98 Å². The summed E-state index contributed by atoms with van der Waals surface area (Å²) in [5.74, 6) is -1.09. The first-order chi connectivity index (χ1) is 9.71. The molecule has 0 radical (unpaired) electrons. The minimum atomic E-state index is -3.58. The number of hydrogen-bond donors (Lipinski definition) is 1. The normalized spacial score (nSPS) is 19.1. The van der Waals surface area contributed by atoms with E-state index < -0.39 is 16.0 Å². The topological polar surface area (TPSA) is 87.6 Å². The maximum Gasteiger partial charge on any atom is 0.328 e. The zero-order valence-corrected chi connectivity index (χ0v) is 12.8. The van der Waals surface area contributed by atoms with Gasteiger partial charge in [0.05, 0.1) is 0 Å². The molecule has 0 amide bonds. The van der Waals surface area contributed by atoms with E-state index in [2.05, 4.69) is 4.98 Å². The van der Waals surface area contributed by atoms with E-state index >= 15 is 0 Å². The van der Waals surface area contributed by atoms with Crippen LogP contribution >= 0.6 is 0 Å². The van der Waals surface area contributed by atoms with E-state index in [0.717, 1.165) is 12.5 Å². The molecule has 114 valence electrons. The van der Waals surface area contributed by atoms with E-state index in [1.807, 2.05) is 13.8 Å². The molecule has 1 aromatic heterocycles. The summed E-state index contributed by atoms with van der Waals surface area (Å²) in [5, 5.41) is 8.60. The Hall–Kier alpha value is -1.73. The van der Waals surface area contributed by atoms with Crippen molar-refractivity contribution >= 4 is 22.1 Å². The third-order valence-electron chi connectivity index (χ3n) is 3.43. The Bertz CT molecular complexity index is 680. The molecule has 0 atom stereocenters. The van der Waals surface area contributed by atoms with Gasteiger partial charge in [0.25, 0.3) is 0 Å². The summed E-state index contributed by atoms with van der Waals surface area (Å²) in [6.45, 7) is 5.04. The van der Waals surface area contributed by atoms with Gasteiger partial charge in [0.1, 0.15) is 4.90 Å². The second kappa shape index (κ2) is 5.57. The fourth-order valence-electron chi connectivity index (χ4n) is 2.25. The first kappa shape index (κ1) is 15.7. The number of hydrogen-bond acceptors (Lipinski definition) is 4. The van der Waals surface area contributed by atoms with Crippen LogP contribution in [0.3, 0.4) is 0 Å². The summed E-state index contributed by atoms with van der Waals surface area (Å²) in [7, 11) is -3.58. The molecule has 0 spiro atoms. The van der Waals surface area contributed by atoms with E-state index in [9.17, 15) is 13.2 Å². The molecule has 21 heavy (non-hydrogen) atoms. The van der Waals surface area contributed by atoms with E-state index in [4.69, 9.17) is 5.11 Å². The Morgan fingerprint density at radius 2 is 2.14 bits per heavy atom. The molecule has 0 saturated carbocycles. The minimum Gasteiger partial charge on any atom is -0.478 e. The van der Waals surface area contributed by atoms with Crippen molar-refractivity contribution in [3.63, 3.8) is 0 Å². The van der Waals surface area contributed by atoms with Gasteiger partial charge >= 0.3 is 5.97 Å². The third kappa shape index (κ3) is 3.68. The number of rotatable bonds is 4. The molecule has 0 unspecified atom stereocenters. The molecule has 7 heteroatoms. The van der Waals surface area contributed by atoms with Gasteiger partial charge in [0.15, 0.2) is 0 Å². The number of carboxylic acid groups (broad SMARTS) is 1. The monoisotopic (exact) mass is 310 g/mol. The number of aromatic nitrogens is 1. The van der Waals surface area contributed by atoms with Gasteiger partial charge in [0.2, 0.25) is 10.0 Å². The lowest BCUT2D eigenvalue weighted by Crippen LogP contribution is -2.30. The molecule has 0 bridgehead atoms. The fraction of sp³-hybridized carbons (Fsp3) is 0.429. The SMILES string of the molecule is CC1(C)CCN(S(=O)(=O)c2cncc(/C=C/C(=O)O)c2)C1. The minimum absolute atomic E-state index is 0.0265. The van der Waals surface area contributed by atoms with Crippen LogP contribution in [0.4, 0.5) is 0 Å². The van der Waals surface area contributed by atoms with E-state index in [1.54, 1.807) is 0 Å². The van der Waals surface area contributed by atoms with Crippen LogP contribution in [0.1, 0.15) is 25.8 Å². The second-order valence-electron chi connectivity index (χ2n) is 5.88. The average Bonchev–Trinajstić information content (AvgIpc) is 2.78. The Kier molecular flexibility index (Phi) is 4.15. The van der Waals surface area contributed by atoms with E-state index in [1.165, 1.54) is 28.8 Å². The van der Waals surface area contributed by atoms with Gasteiger partial charge < -0.3 is 5.11 Å². The van der Waals surface area contributed by atoms with Crippen molar-refractivity contribution in [2.24, 2.45) is 5.41 Å². The molecule has 0 aromatic carbocycles. The highest BCUT2D eigenvalue weighted by Crippen LogP contribution is 2.32. The molecule has 0 aliphatic carbocycles. The summed E-state index contributed by atoms with van der Waals surface area (Å²) < 4.78 is 26.6. The Balaban J connectivity index is 2.29. The lowest BCUT2D eigenvalue weighted by molar-refractivity contribution is -0.131. The Morgan fingerprint density at radius 1 is 1.43 bits per heavy atom. The molecule has 1 aliphatic heterocycles. The molecule has 1 saturated heterocycles. The molecule has 2 rings (SSSR count). The fourth-order valence-corrected chi connectivity index (χ4v) is 3.88. The number of carboxylic acids is 1. The van der Waals surface area contributed by atoms with Crippen molar-refractivity contribution in [1.82, 2.24) is 9.29 Å². The molecule has 1 N–H and O–H groups in total. The number of carbonyl (C=O) groups is 1. The molecule has 1 aliphatic rings. The van der Waals surface area contributed by atoms with Crippen LogP contribution in [-0.2, 0) is 14.8 Å². The van der Waals surface area contributed by atoms with Crippen LogP contribution in [-0.4, -0.2) is 41.9 Å². The number of sulfonamides is 1. The number of nitrogens with zero attached hydrogens (tertiary/aromatic N) is 2. The van der Waals surface area contributed by atoms with Crippen LogP contribution in [0, 0.1) is 5.41 Å². The number of pyridine rings is 1. The van der Waals surface area contributed by atoms with Gasteiger partial charge in [-0.05, 0) is 29.5 Å². The lowest BCUT2D eigenvalue weighted by Gasteiger charge is -2.19. The molecular formula is C14H18N2O4S. The maximum atomic E-state index is 12.6. The standard InChI is InChI=1S/C14H18N2O4S/c1-14(2)5-6-16(10-14)21(19,20)12-7-11(8-15-9-12)3-4-13(17)18/h3-4,7-9H,5-6,10H2,1-2H3,(H,17,18)/b4-3+. The molecular weight excluding hydrogens is 292 g/mol. The summed E-state index contributed by atoms with van der Waals surface area (Å²) in [6, 6.07) is 1.44. The van der Waals surface area contributed by atoms with Crippen LogP contribution in [0.2, 0.25) is 0 Å². The average molecular weight is 310 g/mol. The lowest BCUT2D eigenvalue weighted by atomic mass is 9.93. The molecule has 2 heterocycles. The van der Waals surface area contributed by atoms with Gasteiger partial charge in [-0.25, -0.2) is 13.2 Å². The number of aliphatic carboxylic acids is 1. The van der Waals surface area contributed by atoms with Crippen molar-refractivity contribution in [1.29, 1.82) is 0 Å². The highest BCUT2D eigenvalue weighted by molar-refractivity contribution is 7.89. The van der Waals surface area contributed by atoms with Crippen LogP contribution in [0.25, 0.3) is 6.08 Å². The second-order valence-corrected chi connectivity index (χ2v) is 7.82. The predicted octanol–water partition coefficient (Wildman–Crippen LogP) is 1.60. The predicted molar refractivity (Wildman–Crippen MR) is 78.1 cm³/mol. The molecule has 1 aromatic rings. The van der Waals surface area contributed by atoms with Crippen molar-refractivity contribution in [2.45, 2.75) is 25.2 Å². The zero-order chi connectivity index (χ0) is 15.7. The smallest absolute Gasteiger partial charge is 0.328 e. The van der Waals surface area contributed by atoms with Gasteiger partial charge in [-0.2, -0.15) is 4.31 Å². The third-order valence-corrected chi connectivity index (χ3v) is 5.24. The quantitative estimate of drug-likeness (QED) is 0.853. The highest BCUT2D eigenvalue weighted by Gasteiger charge is 2.36. The molecule has 1 fully saturated rings. The Morgan fingerprint density at radius 3 is 2.71 bits per heavy atom. The summed E-state index contributed by atoms with van der Waals surface area (Å²) in [5.41, 5.74) is 0.415. The summed E-state index contributed by atoms with van der Waals surface area (Å²) in [4.78, 5) is 14.5. The van der Waals surface area contributed by atoms with Crippen molar-refractivity contribution < 1.29 is 18.3 Å². The van der Waals surface area contributed by atoms with Crippen LogP contribution in [0.15, 0.2) is 29.4 Å². The summed E-state index contributed by atoms with van der Waals surface area (Å²) >= 11 is 0. The first-order valence-corrected chi connectivity index (χ1v) is 8.01. The Labute approximate surface area is 124 Å². The van der Waals surface area contributed by atoms with Crippen LogP contribution < -0.4 is 0 Å². The van der Waals surface area contributed by atoms with Gasteiger partial charge in [-0.1, -0.05) is 13.8 Å².